The van der Waals surface area contributed by atoms with Crippen LogP contribution in [-0.2, 0) is 4.74 Å². The van der Waals surface area contributed by atoms with Gasteiger partial charge in [0.05, 0.1) is 17.1 Å². The highest BCUT2D eigenvalue weighted by Gasteiger charge is 2.47. The molecule has 2 heterocycles. The van der Waals surface area contributed by atoms with Crippen LogP contribution >= 0.6 is 15.9 Å². The number of methoxy groups -OCH3 is 1. The molecule has 0 amide bonds. The number of ether oxygens (including phenoxy) is 3. The summed E-state index contributed by atoms with van der Waals surface area (Å²) in [5, 5.41) is 0. The van der Waals surface area contributed by atoms with Crippen LogP contribution in [0.1, 0.15) is 56.5 Å². The number of likely N-dealkylation sites (tertiary alicyclic amines) is 1. The summed E-state index contributed by atoms with van der Waals surface area (Å²) in [7, 11) is 1.38. The fourth-order valence-electron chi connectivity index (χ4n) is 3.91. The molecule has 0 aromatic heterocycles. The second kappa shape index (κ2) is 6.71. The van der Waals surface area contributed by atoms with Crippen LogP contribution in [0.25, 0.3) is 0 Å². The Morgan fingerprint density at radius 3 is 2.38 bits per heavy atom. The van der Waals surface area contributed by atoms with E-state index in [-0.39, 0.29) is 11.5 Å². The van der Waals surface area contributed by atoms with Gasteiger partial charge in [0.2, 0.25) is 0 Å². The van der Waals surface area contributed by atoms with Crippen molar-refractivity contribution in [3.63, 3.8) is 0 Å². The van der Waals surface area contributed by atoms with Gasteiger partial charge in [0.25, 0.3) is 5.79 Å². The average molecular weight is 426 g/mol. The van der Waals surface area contributed by atoms with E-state index in [9.17, 15) is 4.79 Å². The van der Waals surface area contributed by atoms with E-state index in [1.54, 1.807) is 6.07 Å². The topological polar surface area (TPSA) is 48.0 Å². The van der Waals surface area contributed by atoms with Crippen LogP contribution in [0.2, 0.25) is 0 Å². The zero-order chi connectivity index (χ0) is 19.3. The van der Waals surface area contributed by atoms with Crippen molar-refractivity contribution in [2.24, 2.45) is 5.92 Å². The predicted molar refractivity (Wildman–Crippen MR) is 104 cm³/mol. The molecular formula is C20H28BrNO4. The lowest BCUT2D eigenvalue weighted by atomic mass is 9.87. The Morgan fingerprint density at radius 1 is 1.27 bits per heavy atom. The Bertz CT molecular complexity index is 720. The van der Waals surface area contributed by atoms with Gasteiger partial charge >= 0.3 is 5.97 Å². The Morgan fingerprint density at radius 2 is 1.85 bits per heavy atom. The number of halogens is 1. The molecule has 1 saturated heterocycles. The summed E-state index contributed by atoms with van der Waals surface area (Å²) in [4.78, 5) is 14.5. The van der Waals surface area contributed by atoms with Gasteiger partial charge in [-0.2, -0.15) is 0 Å². The van der Waals surface area contributed by atoms with Crippen molar-refractivity contribution in [2.75, 3.05) is 20.2 Å². The minimum Gasteiger partial charge on any atom is -0.465 e. The van der Waals surface area contributed by atoms with Crippen LogP contribution < -0.4 is 9.47 Å². The van der Waals surface area contributed by atoms with Gasteiger partial charge in [0.1, 0.15) is 0 Å². The maximum absolute atomic E-state index is 12.0. The number of nitrogens with zero attached hydrogens (tertiary/aromatic N) is 1. The molecule has 144 valence electrons. The average Bonchev–Trinajstić information content (AvgIpc) is 2.97. The Hall–Kier alpha value is -1.27. The molecule has 0 radical (unpaired) electrons. The van der Waals surface area contributed by atoms with Crippen LogP contribution in [0.5, 0.6) is 11.5 Å². The molecule has 6 heteroatoms. The summed E-state index contributed by atoms with van der Waals surface area (Å²) in [6.07, 6.45) is 2.03. The van der Waals surface area contributed by atoms with Gasteiger partial charge in [0.15, 0.2) is 11.5 Å². The molecular weight excluding hydrogens is 398 g/mol. The molecule has 1 aromatic carbocycles. The summed E-state index contributed by atoms with van der Waals surface area (Å²) in [5.74, 6) is 0.522. The van der Waals surface area contributed by atoms with Crippen molar-refractivity contribution in [2.45, 2.75) is 58.8 Å². The van der Waals surface area contributed by atoms with E-state index in [4.69, 9.17) is 14.2 Å². The number of carbonyl (C=O) groups is 1. The Kier molecular flexibility index (Phi) is 5.03. The number of carbonyl (C=O) groups excluding carboxylic acids is 1. The van der Waals surface area contributed by atoms with Crippen LogP contribution in [-0.4, -0.2) is 42.4 Å². The first-order valence-corrected chi connectivity index (χ1v) is 9.90. The van der Waals surface area contributed by atoms with Crippen LogP contribution in [0.15, 0.2) is 10.5 Å². The highest BCUT2D eigenvalue weighted by Crippen LogP contribution is 2.51. The molecule has 1 fully saturated rings. The predicted octanol–water partition coefficient (Wildman–Crippen LogP) is 4.54. The maximum Gasteiger partial charge on any atom is 0.338 e. The van der Waals surface area contributed by atoms with E-state index < -0.39 is 5.79 Å². The minimum absolute atomic E-state index is 0.182. The standard InChI is InChI=1S/C20H28BrNO4/c1-12-14(18(23)24-6)11-15(21)17-16(12)25-20(5,26-17)13-7-9-22(10-8-13)19(2,3)4/h11,13H,7-10H2,1-6H3/t20-/m1/s1. The van der Waals surface area contributed by atoms with Gasteiger partial charge in [-0.15, -0.1) is 0 Å². The summed E-state index contributed by atoms with van der Waals surface area (Å²) in [5.41, 5.74) is 1.43. The van der Waals surface area contributed by atoms with Crippen molar-refractivity contribution >= 4 is 21.9 Å². The van der Waals surface area contributed by atoms with E-state index >= 15 is 0 Å². The van der Waals surface area contributed by atoms with Gasteiger partial charge in [0, 0.05) is 23.9 Å². The second-order valence-electron chi connectivity index (χ2n) is 8.33. The van der Waals surface area contributed by atoms with E-state index in [0.717, 1.165) is 31.5 Å². The molecule has 2 aliphatic rings. The van der Waals surface area contributed by atoms with Crippen LogP contribution in [0.3, 0.4) is 0 Å². The molecule has 5 nitrogen and oxygen atoms in total. The van der Waals surface area contributed by atoms with Crippen molar-refractivity contribution in [1.82, 2.24) is 4.90 Å². The van der Waals surface area contributed by atoms with Gasteiger partial charge in [-0.3, -0.25) is 4.90 Å². The molecule has 0 saturated carbocycles. The van der Waals surface area contributed by atoms with Crippen molar-refractivity contribution in [3.8, 4) is 11.5 Å². The molecule has 1 atom stereocenters. The van der Waals surface area contributed by atoms with E-state index in [2.05, 4.69) is 41.6 Å². The highest BCUT2D eigenvalue weighted by molar-refractivity contribution is 9.10. The maximum atomic E-state index is 12.0. The van der Waals surface area contributed by atoms with Gasteiger partial charge < -0.3 is 14.2 Å². The number of benzene rings is 1. The Balaban J connectivity index is 1.83. The van der Waals surface area contributed by atoms with Gasteiger partial charge in [-0.05, 0) is 75.6 Å². The number of rotatable bonds is 2. The lowest BCUT2D eigenvalue weighted by molar-refractivity contribution is -0.129. The van der Waals surface area contributed by atoms with Gasteiger partial charge in [-0.1, -0.05) is 0 Å². The largest absolute Gasteiger partial charge is 0.465 e. The van der Waals surface area contributed by atoms with E-state index in [1.165, 1.54) is 7.11 Å². The van der Waals surface area contributed by atoms with Crippen molar-refractivity contribution in [3.05, 3.63) is 21.7 Å². The number of hydrogen-bond acceptors (Lipinski definition) is 5. The molecule has 0 aliphatic carbocycles. The molecule has 3 rings (SSSR count). The van der Waals surface area contributed by atoms with Crippen molar-refractivity contribution in [1.29, 1.82) is 0 Å². The first kappa shape index (κ1) is 19.5. The highest BCUT2D eigenvalue weighted by atomic mass is 79.9. The number of hydrogen-bond donors (Lipinski definition) is 0. The quantitative estimate of drug-likeness (QED) is 0.650. The number of esters is 1. The second-order valence-corrected chi connectivity index (χ2v) is 9.19. The molecule has 0 N–H and O–H groups in total. The zero-order valence-corrected chi connectivity index (χ0v) is 18.0. The number of piperidine rings is 1. The lowest BCUT2D eigenvalue weighted by Crippen LogP contribution is -2.52. The van der Waals surface area contributed by atoms with Gasteiger partial charge in [-0.25, -0.2) is 4.79 Å². The van der Waals surface area contributed by atoms with E-state index in [0.29, 0.717) is 27.5 Å². The zero-order valence-electron chi connectivity index (χ0n) is 16.4. The smallest absolute Gasteiger partial charge is 0.338 e. The monoisotopic (exact) mass is 425 g/mol. The minimum atomic E-state index is -0.714. The first-order chi connectivity index (χ1) is 12.1. The lowest BCUT2D eigenvalue weighted by Gasteiger charge is -2.44. The molecule has 26 heavy (non-hydrogen) atoms. The summed E-state index contributed by atoms with van der Waals surface area (Å²) >= 11 is 3.52. The fourth-order valence-corrected chi connectivity index (χ4v) is 4.40. The molecule has 1 aromatic rings. The Labute approximate surface area is 164 Å². The molecule has 0 bridgehead atoms. The first-order valence-electron chi connectivity index (χ1n) is 9.11. The third-order valence-electron chi connectivity index (χ3n) is 5.64. The van der Waals surface area contributed by atoms with Crippen LogP contribution in [0, 0.1) is 12.8 Å². The fraction of sp³-hybridized carbons (Fsp3) is 0.650. The molecule has 0 spiro atoms. The summed E-state index contributed by atoms with van der Waals surface area (Å²) < 4.78 is 18.2. The normalized spacial score (nSPS) is 24.0. The van der Waals surface area contributed by atoms with Crippen LogP contribution in [0.4, 0.5) is 0 Å². The molecule has 2 aliphatic heterocycles. The van der Waals surface area contributed by atoms with Crippen molar-refractivity contribution < 1.29 is 19.0 Å². The summed E-state index contributed by atoms with van der Waals surface area (Å²) in [6, 6.07) is 1.75. The third kappa shape index (κ3) is 3.33. The summed E-state index contributed by atoms with van der Waals surface area (Å²) in [6.45, 7) is 12.7. The SMILES string of the molecule is COC(=O)c1cc(Br)c2c(c1C)O[C@@](C)(C1CCN(C(C)(C)C)CC1)O2. The third-order valence-corrected chi connectivity index (χ3v) is 6.23. The van der Waals surface area contributed by atoms with E-state index in [1.807, 2.05) is 13.8 Å². The molecule has 0 unspecified atom stereocenters. The number of fused-ring (bicyclic) bond motifs is 1.